The molecule has 2 aromatic rings. The van der Waals surface area contributed by atoms with Crippen molar-refractivity contribution < 1.29 is 14.5 Å². The number of hydrogen-bond acceptors (Lipinski definition) is 5. The van der Waals surface area contributed by atoms with Gasteiger partial charge in [0.1, 0.15) is 6.04 Å². The Kier molecular flexibility index (Phi) is 7.85. The summed E-state index contributed by atoms with van der Waals surface area (Å²) in [6.45, 7) is 5.70. The van der Waals surface area contributed by atoms with Gasteiger partial charge in [0.25, 0.3) is 0 Å². The number of carbonyl (C=O) groups excluding carboxylic acids is 2. The lowest BCUT2D eigenvalue weighted by atomic mass is 10.2. The number of carbonyl (C=O) groups is 2. The number of amides is 3. The maximum atomic E-state index is 12.1. The molecule has 10 heteroatoms. The van der Waals surface area contributed by atoms with E-state index in [2.05, 4.69) is 27.8 Å². The van der Waals surface area contributed by atoms with Gasteiger partial charge in [-0.2, -0.15) is 0 Å². The van der Waals surface area contributed by atoms with Gasteiger partial charge in [-0.3, -0.25) is 14.7 Å². The van der Waals surface area contributed by atoms with Crippen LogP contribution in [0.2, 0.25) is 5.02 Å². The Labute approximate surface area is 174 Å². The molecule has 1 heterocycles. The minimum absolute atomic E-state index is 0.0421. The summed E-state index contributed by atoms with van der Waals surface area (Å²) in [6.07, 6.45) is 0. The summed E-state index contributed by atoms with van der Waals surface area (Å²) < 4.78 is 1.92. The minimum Gasteiger partial charge on any atom is -0.336 e. The Hall–Kier alpha value is -2.10. The summed E-state index contributed by atoms with van der Waals surface area (Å²) in [5.74, 6) is 0.421. The number of thioether (sulfide) groups is 1. The number of quaternary nitrogens is 1. The first-order valence-corrected chi connectivity index (χ1v) is 10.3. The van der Waals surface area contributed by atoms with Crippen LogP contribution in [0.15, 0.2) is 29.4 Å². The Bertz CT molecular complexity index is 822. The molecule has 1 atom stereocenters. The highest BCUT2D eigenvalue weighted by molar-refractivity contribution is 7.99. The molecule has 0 saturated heterocycles. The maximum Gasteiger partial charge on any atom is 0.321 e. The van der Waals surface area contributed by atoms with Gasteiger partial charge >= 0.3 is 6.03 Å². The SMILES string of the molecule is CC(C)NC(=O)NC(=O)CSc1nnc([C@H](C)[NH+](C)C)n1-c1ccc(Cl)cc1. The van der Waals surface area contributed by atoms with E-state index in [1.165, 1.54) is 16.7 Å². The van der Waals surface area contributed by atoms with E-state index >= 15 is 0 Å². The van der Waals surface area contributed by atoms with E-state index in [-0.39, 0.29) is 17.8 Å². The summed E-state index contributed by atoms with van der Waals surface area (Å²) in [5.41, 5.74) is 0.859. The molecule has 0 aliphatic rings. The first-order valence-electron chi connectivity index (χ1n) is 8.93. The maximum absolute atomic E-state index is 12.1. The number of halogens is 1. The van der Waals surface area contributed by atoms with Crippen molar-refractivity contribution in [2.75, 3.05) is 19.8 Å². The van der Waals surface area contributed by atoms with Gasteiger partial charge in [0, 0.05) is 16.8 Å². The Morgan fingerprint density at radius 1 is 1.18 bits per heavy atom. The highest BCUT2D eigenvalue weighted by atomic mass is 35.5. The van der Waals surface area contributed by atoms with Gasteiger partial charge in [-0.1, -0.05) is 23.4 Å². The molecule has 0 fully saturated rings. The van der Waals surface area contributed by atoms with Crippen molar-refractivity contribution >= 4 is 35.3 Å². The number of rotatable bonds is 7. The zero-order valence-corrected chi connectivity index (χ0v) is 18.2. The van der Waals surface area contributed by atoms with Gasteiger partial charge in [0.2, 0.25) is 5.91 Å². The van der Waals surface area contributed by atoms with E-state index in [4.69, 9.17) is 11.6 Å². The van der Waals surface area contributed by atoms with Crippen molar-refractivity contribution in [1.82, 2.24) is 25.4 Å². The second kappa shape index (κ2) is 9.90. The van der Waals surface area contributed by atoms with Crippen molar-refractivity contribution in [3.63, 3.8) is 0 Å². The van der Waals surface area contributed by atoms with Crippen LogP contribution in [-0.4, -0.2) is 52.6 Å². The third-order valence-corrected chi connectivity index (χ3v) is 5.18. The monoisotopic (exact) mass is 425 g/mol. The molecule has 0 spiro atoms. The number of aromatic nitrogens is 3. The number of nitrogens with zero attached hydrogens (tertiary/aromatic N) is 3. The molecule has 2 rings (SSSR count). The third kappa shape index (κ3) is 5.95. The van der Waals surface area contributed by atoms with Crippen LogP contribution < -0.4 is 15.5 Å². The Balaban J connectivity index is 2.21. The first-order chi connectivity index (χ1) is 13.2. The van der Waals surface area contributed by atoms with E-state index < -0.39 is 11.9 Å². The lowest BCUT2D eigenvalue weighted by Crippen LogP contribution is -3.05. The quantitative estimate of drug-likeness (QED) is 0.584. The van der Waals surface area contributed by atoms with Crippen LogP contribution in [0, 0.1) is 0 Å². The molecule has 3 N–H and O–H groups in total. The zero-order chi connectivity index (χ0) is 20.8. The molecular formula is C18H26ClN6O2S+. The van der Waals surface area contributed by atoms with E-state index in [1.807, 2.05) is 44.6 Å². The molecule has 0 aliphatic carbocycles. The van der Waals surface area contributed by atoms with Crippen LogP contribution in [0.5, 0.6) is 0 Å². The van der Waals surface area contributed by atoms with Crippen molar-refractivity contribution in [3.8, 4) is 5.69 Å². The van der Waals surface area contributed by atoms with E-state index in [9.17, 15) is 9.59 Å². The van der Waals surface area contributed by atoms with Crippen molar-refractivity contribution in [2.24, 2.45) is 0 Å². The van der Waals surface area contributed by atoms with Crippen molar-refractivity contribution in [3.05, 3.63) is 35.1 Å². The second-order valence-corrected chi connectivity index (χ2v) is 8.30. The predicted octanol–water partition coefficient (Wildman–Crippen LogP) is 1.45. The van der Waals surface area contributed by atoms with Gasteiger partial charge in [-0.25, -0.2) is 4.79 Å². The average Bonchev–Trinajstić information content (AvgIpc) is 3.02. The predicted molar refractivity (Wildman–Crippen MR) is 110 cm³/mol. The summed E-state index contributed by atoms with van der Waals surface area (Å²) in [5, 5.41) is 14.7. The molecule has 152 valence electrons. The van der Waals surface area contributed by atoms with Gasteiger partial charge in [0.05, 0.1) is 19.8 Å². The fourth-order valence-corrected chi connectivity index (χ4v) is 3.22. The molecule has 8 nitrogen and oxygen atoms in total. The molecule has 0 radical (unpaired) electrons. The molecule has 0 aliphatic heterocycles. The van der Waals surface area contributed by atoms with Crippen LogP contribution in [0.4, 0.5) is 4.79 Å². The average molecular weight is 426 g/mol. The molecule has 1 aromatic heterocycles. The van der Waals surface area contributed by atoms with Crippen LogP contribution in [-0.2, 0) is 4.79 Å². The molecular weight excluding hydrogens is 400 g/mol. The fourth-order valence-electron chi connectivity index (χ4n) is 2.34. The molecule has 1 aromatic carbocycles. The van der Waals surface area contributed by atoms with E-state index in [0.717, 1.165) is 11.5 Å². The Morgan fingerprint density at radius 2 is 1.82 bits per heavy atom. The highest BCUT2D eigenvalue weighted by Crippen LogP contribution is 2.25. The van der Waals surface area contributed by atoms with Crippen LogP contribution >= 0.6 is 23.4 Å². The number of urea groups is 1. The van der Waals surface area contributed by atoms with Gasteiger partial charge in [0.15, 0.2) is 11.0 Å². The molecule has 0 saturated carbocycles. The summed E-state index contributed by atoms with van der Waals surface area (Å²) >= 11 is 7.23. The van der Waals surface area contributed by atoms with Crippen LogP contribution in [0.25, 0.3) is 5.69 Å². The topological polar surface area (TPSA) is 93.3 Å². The highest BCUT2D eigenvalue weighted by Gasteiger charge is 2.24. The summed E-state index contributed by atoms with van der Waals surface area (Å²) in [7, 11) is 4.08. The van der Waals surface area contributed by atoms with Crippen molar-refractivity contribution in [1.29, 1.82) is 0 Å². The standard InChI is InChI=1S/C18H25ClN6O2S/c1-11(2)20-17(27)21-15(26)10-28-18-23-22-16(12(3)24(4)5)25(18)14-8-6-13(19)7-9-14/h6-9,11-12H,10H2,1-5H3,(H2,20,21,26,27)/p+1/t12-/m0/s1. The minimum atomic E-state index is -0.509. The van der Waals surface area contributed by atoms with Crippen molar-refractivity contribution in [2.45, 2.75) is 38.0 Å². The number of benzene rings is 1. The second-order valence-electron chi connectivity index (χ2n) is 6.92. The van der Waals surface area contributed by atoms with Gasteiger partial charge in [-0.15, -0.1) is 10.2 Å². The van der Waals surface area contributed by atoms with Gasteiger partial charge < -0.3 is 10.2 Å². The molecule has 0 unspecified atom stereocenters. The first kappa shape index (κ1) is 22.2. The van der Waals surface area contributed by atoms with Gasteiger partial charge in [-0.05, 0) is 45.0 Å². The third-order valence-electron chi connectivity index (χ3n) is 4.00. The lowest BCUT2D eigenvalue weighted by molar-refractivity contribution is -0.890. The van der Waals surface area contributed by atoms with E-state index in [0.29, 0.717) is 10.2 Å². The zero-order valence-electron chi connectivity index (χ0n) is 16.6. The largest absolute Gasteiger partial charge is 0.336 e. The lowest BCUT2D eigenvalue weighted by Gasteiger charge is -2.18. The molecule has 3 amide bonds. The summed E-state index contributed by atoms with van der Waals surface area (Å²) in [4.78, 5) is 24.9. The number of hydrogen-bond donors (Lipinski definition) is 3. The number of nitrogens with one attached hydrogen (secondary N) is 3. The summed E-state index contributed by atoms with van der Waals surface area (Å²) in [6, 6.07) is 6.89. The normalized spacial score (nSPS) is 12.3. The Morgan fingerprint density at radius 3 is 2.39 bits per heavy atom. The van der Waals surface area contributed by atoms with Crippen LogP contribution in [0.1, 0.15) is 32.6 Å². The molecule has 0 bridgehead atoms. The smallest absolute Gasteiger partial charge is 0.321 e. The number of imide groups is 1. The molecule has 28 heavy (non-hydrogen) atoms. The fraction of sp³-hybridized carbons (Fsp3) is 0.444. The van der Waals surface area contributed by atoms with Crippen LogP contribution in [0.3, 0.4) is 0 Å². The van der Waals surface area contributed by atoms with E-state index in [1.54, 1.807) is 12.1 Å².